The van der Waals surface area contributed by atoms with E-state index in [1.54, 1.807) is 0 Å². The van der Waals surface area contributed by atoms with Crippen LogP contribution in [0, 0.1) is 13.8 Å². The third-order valence-corrected chi connectivity index (χ3v) is 7.41. The van der Waals surface area contributed by atoms with Crippen molar-refractivity contribution in [2.24, 2.45) is 0 Å². The highest BCUT2D eigenvalue weighted by atomic mass is 32.2. The number of thiazole rings is 1. The van der Waals surface area contributed by atoms with E-state index in [1.807, 2.05) is 81.4 Å². The summed E-state index contributed by atoms with van der Waals surface area (Å²) < 4.78 is 1.06. The van der Waals surface area contributed by atoms with Gasteiger partial charge in [-0.25, -0.2) is 4.98 Å². The molecule has 0 saturated heterocycles. The average molecular weight is 476 g/mol. The molecule has 2 amide bonds. The normalized spacial score (nSPS) is 11.8. The summed E-state index contributed by atoms with van der Waals surface area (Å²) in [5.41, 5.74) is 4.46. The van der Waals surface area contributed by atoms with Crippen molar-refractivity contribution >= 4 is 55.9 Å². The van der Waals surface area contributed by atoms with E-state index in [4.69, 9.17) is 0 Å². The monoisotopic (exact) mass is 475 g/mol. The van der Waals surface area contributed by atoms with Gasteiger partial charge in [-0.3, -0.25) is 9.59 Å². The Bertz CT molecular complexity index is 1300. The summed E-state index contributed by atoms with van der Waals surface area (Å²) in [5, 5.41) is 6.24. The molecule has 0 spiro atoms. The number of anilines is 2. The second kappa shape index (κ2) is 10.2. The number of nitrogens with zero attached hydrogens (tertiary/aromatic N) is 1. The van der Waals surface area contributed by atoms with Gasteiger partial charge in [-0.15, -0.1) is 11.8 Å². The van der Waals surface area contributed by atoms with Crippen LogP contribution in [0.25, 0.3) is 10.2 Å². The predicted octanol–water partition coefficient (Wildman–Crippen LogP) is 6.67. The van der Waals surface area contributed by atoms with E-state index in [2.05, 4.69) is 21.7 Å². The van der Waals surface area contributed by atoms with Gasteiger partial charge in [-0.05, 0) is 68.3 Å². The maximum Gasteiger partial charge on any atom is 0.255 e. The van der Waals surface area contributed by atoms with Crippen molar-refractivity contribution in [2.45, 2.75) is 37.3 Å². The minimum absolute atomic E-state index is 0.0765. The molecule has 0 aliphatic rings. The van der Waals surface area contributed by atoms with Crippen molar-refractivity contribution in [3.63, 3.8) is 0 Å². The van der Waals surface area contributed by atoms with Crippen LogP contribution in [-0.2, 0) is 4.79 Å². The number of rotatable bonds is 7. The summed E-state index contributed by atoms with van der Waals surface area (Å²) in [4.78, 5) is 30.9. The van der Waals surface area contributed by atoms with E-state index < -0.39 is 0 Å². The smallest absolute Gasteiger partial charge is 0.255 e. The molecule has 1 atom stereocenters. The van der Waals surface area contributed by atoms with Crippen LogP contribution >= 0.6 is 23.1 Å². The zero-order valence-corrected chi connectivity index (χ0v) is 20.3. The predicted molar refractivity (Wildman–Crippen MR) is 138 cm³/mol. The Morgan fingerprint density at radius 2 is 1.73 bits per heavy atom. The number of aromatic nitrogens is 1. The van der Waals surface area contributed by atoms with E-state index in [9.17, 15) is 9.59 Å². The molecule has 1 unspecified atom stereocenters. The number of carbonyl (C=O) groups excluding carboxylic acids is 2. The maximum atomic E-state index is 12.9. The van der Waals surface area contributed by atoms with E-state index in [0.717, 1.165) is 20.7 Å². The van der Waals surface area contributed by atoms with Crippen LogP contribution in [0.3, 0.4) is 0 Å². The molecule has 2 N–H and O–H groups in total. The van der Waals surface area contributed by atoms with Crippen molar-refractivity contribution in [1.29, 1.82) is 0 Å². The number of hydrogen-bond acceptors (Lipinski definition) is 5. The van der Waals surface area contributed by atoms with Gasteiger partial charge in [0.15, 0.2) is 5.13 Å². The van der Waals surface area contributed by atoms with Crippen LogP contribution < -0.4 is 10.6 Å². The van der Waals surface area contributed by atoms with Crippen LogP contribution in [0.5, 0.6) is 0 Å². The van der Waals surface area contributed by atoms with Crippen molar-refractivity contribution in [1.82, 2.24) is 4.98 Å². The van der Waals surface area contributed by atoms with E-state index in [-0.39, 0.29) is 17.1 Å². The van der Waals surface area contributed by atoms with Gasteiger partial charge < -0.3 is 10.6 Å². The Labute approximate surface area is 201 Å². The fourth-order valence-electron chi connectivity index (χ4n) is 3.31. The van der Waals surface area contributed by atoms with Gasteiger partial charge in [-0.2, -0.15) is 0 Å². The number of thioether (sulfide) groups is 1. The van der Waals surface area contributed by atoms with Gasteiger partial charge in [0.25, 0.3) is 5.91 Å². The Kier molecular flexibility index (Phi) is 7.11. The van der Waals surface area contributed by atoms with Crippen molar-refractivity contribution in [2.75, 3.05) is 10.6 Å². The molecule has 0 bridgehead atoms. The fraction of sp³-hybridized carbons (Fsp3) is 0.192. The summed E-state index contributed by atoms with van der Waals surface area (Å²) in [7, 11) is 0. The summed E-state index contributed by atoms with van der Waals surface area (Å²) in [5.74, 6) is -0.236. The van der Waals surface area contributed by atoms with Crippen LogP contribution in [0.1, 0.15) is 34.8 Å². The lowest BCUT2D eigenvalue weighted by molar-refractivity contribution is -0.115. The molecular formula is C26H25N3O2S2. The molecule has 4 rings (SSSR count). The van der Waals surface area contributed by atoms with Crippen LogP contribution in [0.2, 0.25) is 0 Å². The molecule has 3 aromatic carbocycles. The Morgan fingerprint density at radius 3 is 2.48 bits per heavy atom. The third kappa shape index (κ3) is 5.80. The zero-order chi connectivity index (χ0) is 23.4. The van der Waals surface area contributed by atoms with Crippen molar-refractivity contribution in [3.8, 4) is 0 Å². The lowest BCUT2D eigenvalue weighted by Gasteiger charge is -2.14. The first-order valence-corrected chi connectivity index (χ1v) is 12.4. The molecule has 1 heterocycles. The molecule has 7 heteroatoms. The van der Waals surface area contributed by atoms with Gasteiger partial charge in [0.05, 0.1) is 15.5 Å². The fourth-order valence-corrected chi connectivity index (χ4v) is 5.29. The van der Waals surface area contributed by atoms with E-state index >= 15 is 0 Å². The minimum Gasteiger partial charge on any atom is -0.322 e. The zero-order valence-electron chi connectivity index (χ0n) is 18.7. The molecule has 0 aliphatic heterocycles. The number of amides is 2. The second-order valence-corrected chi connectivity index (χ2v) is 10.1. The molecule has 4 aromatic rings. The Balaban J connectivity index is 1.42. The van der Waals surface area contributed by atoms with Gasteiger partial charge in [0.1, 0.15) is 0 Å². The van der Waals surface area contributed by atoms with Crippen molar-refractivity contribution < 1.29 is 9.59 Å². The highest BCUT2D eigenvalue weighted by molar-refractivity contribution is 8.00. The molecular weight excluding hydrogens is 450 g/mol. The number of benzene rings is 3. The highest BCUT2D eigenvalue weighted by Gasteiger charge is 2.20. The maximum absolute atomic E-state index is 12.9. The third-order valence-electron chi connectivity index (χ3n) is 5.12. The SMILES string of the molecule is CCC(Sc1cccc(NC(=O)c2ccc(C)cc2)c1)C(=O)Nc1nc2ccc(C)cc2s1. The average Bonchev–Trinajstić information content (AvgIpc) is 3.19. The molecule has 0 saturated carbocycles. The largest absolute Gasteiger partial charge is 0.322 e. The van der Waals surface area contributed by atoms with Crippen LogP contribution in [0.4, 0.5) is 10.8 Å². The Hall–Kier alpha value is -3.16. The molecule has 33 heavy (non-hydrogen) atoms. The number of aryl methyl sites for hydroxylation is 2. The van der Waals surface area contributed by atoms with E-state index in [0.29, 0.717) is 22.8 Å². The number of fused-ring (bicyclic) bond motifs is 1. The number of carbonyl (C=O) groups is 2. The minimum atomic E-state index is -0.276. The lowest BCUT2D eigenvalue weighted by Crippen LogP contribution is -2.24. The van der Waals surface area contributed by atoms with Crippen molar-refractivity contribution in [3.05, 3.63) is 83.4 Å². The molecule has 0 aliphatic carbocycles. The van der Waals surface area contributed by atoms with Gasteiger partial charge in [0.2, 0.25) is 5.91 Å². The second-order valence-electron chi connectivity index (χ2n) is 7.84. The summed E-state index contributed by atoms with van der Waals surface area (Å²) in [6.07, 6.45) is 0.667. The molecule has 5 nitrogen and oxygen atoms in total. The van der Waals surface area contributed by atoms with Gasteiger partial charge in [0, 0.05) is 16.1 Å². The summed E-state index contributed by atoms with van der Waals surface area (Å²) in [6, 6.07) is 21.1. The van der Waals surface area contributed by atoms with Crippen LogP contribution in [-0.4, -0.2) is 22.0 Å². The summed E-state index contributed by atoms with van der Waals surface area (Å²) in [6.45, 7) is 6.01. The highest BCUT2D eigenvalue weighted by Crippen LogP contribution is 2.31. The first-order chi connectivity index (χ1) is 15.9. The van der Waals surface area contributed by atoms with E-state index in [1.165, 1.54) is 28.7 Å². The number of hydrogen-bond donors (Lipinski definition) is 2. The summed E-state index contributed by atoms with van der Waals surface area (Å²) >= 11 is 2.96. The van der Waals surface area contributed by atoms with Crippen LogP contribution in [0.15, 0.2) is 71.6 Å². The molecule has 168 valence electrons. The first-order valence-electron chi connectivity index (χ1n) is 10.7. The first kappa shape index (κ1) is 23.0. The topological polar surface area (TPSA) is 71.1 Å². The van der Waals surface area contributed by atoms with Gasteiger partial charge in [-0.1, -0.05) is 48.1 Å². The standard InChI is InChI=1S/C26H25N3O2S2/c1-4-22(25(31)29-26-28-21-13-10-17(3)14-23(21)33-26)32-20-7-5-6-19(15-20)27-24(30)18-11-8-16(2)9-12-18/h5-15,22H,4H2,1-3H3,(H,27,30)(H,28,29,31). The molecule has 0 radical (unpaired) electrons. The van der Waals surface area contributed by atoms with Gasteiger partial charge >= 0.3 is 0 Å². The lowest BCUT2D eigenvalue weighted by atomic mass is 10.1. The molecule has 0 fully saturated rings. The number of nitrogens with one attached hydrogen (secondary N) is 2. The Morgan fingerprint density at radius 1 is 0.970 bits per heavy atom. The quantitative estimate of drug-likeness (QED) is 0.293. The molecule has 1 aromatic heterocycles.